The highest BCUT2D eigenvalue weighted by Gasteiger charge is 2.10. The summed E-state index contributed by atoms with van der Waals surface area (Å²) in [4.78, 5) is 25.4. The summed E-state index contributed by atoms with van der Waals surface area (Å²) in [5.41, 5.74) is -0.167. The Bertz CT molecular complexity index is 400. The van der Waals surface area contributed by atoms with Crippen LogP contribution in [0.25, 0.3) is 0 Å². The first-order chi connectivity index (χ1) is 7.99. The van der Waals surface area contributed by atoms with Gasteiger partial charge in [-0.2, -0.15) is 4.98 Å². The molecule has 0 saturated heterocycles. The molecule has 0 atom stereocenters. The first-order valence-corrected chi connectivity index (χ1v) is 5.21. The van der Waals surface area contributed by atoms with Crippen molar-refractivity contribution >= 4 is 17.9 Å². The predicted octanol–water partition coefficient (Wildman–Crippen LogP) is 0.699. The summed E-state index contributed by atoms with van der Waals surface area (Å²) in [6.45, 7) is 4.08. The number of carbonyl (C=O) groups excluding carboxylic acids is 1. The molecule has 0 spiro atoms. The van der Waals surface area contributed by atoms with Gasteiger partial charge in [0.2, 0.25) is 5.91 Å². The van der Waals surface area contributed by atoms with Crippen LogP contribution in [0, 0.1) is 0 Å². The van der Waals surface area contributed by atoms with Gasteiger partial charge in [-0.3, -0.25) is 4.79 Å². The highest BCUT2D eigenvalue weighted by Crippen LogP contribution is 2.06. The van der Waals surface area contributed by atoms with Crippen molar-refractivity contribution in [1.82, 2.24) is 10.3 Å². The molecule has 1 aromatic rings. The molecule has 0 saturated carbocycles. The van der Waals surface area contributed by atoms with Crippen molar-refractivity contribution in [3.05, 3.63) is 12.0 Å². The first kappa shape index (κ1) is 13.0. The molecule has 1 heterocycles. The maximum absolute atomic E-state index is 11.3. The van der Waals surface area contributed by atoms with Crippen LogP contribution in [0.2, 0.25) is 0 Å². The lowest BCUT2D eigenvalue weighted by atomic mass is 10.3. The van der Waals surface area contributed by atoms with Crippen LogP contribution >= 0.6 is 0 Å². The molecule has 1 rings (SSSR count). The van der Waals surface area contributed by atoms with E-state index >= 15 is 0 Å². The Kier molecular flexibility index (Phi) is 4.50. The normalized spacial score (nSPS) is 10.3. The van der Waals surface area contributed by atoms with Crippen LogP contribution in [0.1, 0.15) is 30.8 Å². The van der Waals surface area contributed by atoms with Crippen LogP contribution in [-0.2, 0) is 4.79 Å². The molecule has 3 N–H and O–H groups in total. The molecular weight excluding hydrogens is 226 g/mol. The molecule has 1 amide bonds. The van der Waals surface area contributed by atoms with Crippen molar-refractivity contribution < 1.29 is 19.1 Å². The van der Waals surface area contributed by atoms with E-state index in [2.05, 4.69) is 15.6 Å². The lowest BCUT2D eigenvalue weighted by Gasteiger charge is -2.07. The van der Waals surface area contributed by atoms with Gasteiger partial charge >= 0.3 is 5.97 Å². The second kappa shape index (κ2) is 5.88. The van der Waals surface area contributed by atoms with Gasteiger partial charge in [0.25, 0.3) is 6.01 Å². The van der Waals surface area contributed by atoms with Crippen LogP contribution < -0.4 is 10.6 Å². The van der Waals surface area contributed by atoms with Gasteiger partial charge in [-0.25, -0.2) is 4.79 Å². The van der Waals surface area contributed by atoms with Crippen LogP contribution in [0.15, 0.2) is 10.7 Å². The third kappa shape index (κ3) is 4.54. The second-order valence-electron chi connectivity index (χ2n) is 3.74. The van der Waals surface area contributed by atoms with Gasteiger partial charge in [0.05, 0.1) is 0 Å². The van der Waals surface area contributed by atoms with E-state index in [0.717, 1.165) is 6.26 Å². The fraction of sp³-hybridized carbons (Fsp3) is 0.500. The lowest BCUT2D eigenvalue weighted by Crippen LogP contribution is -2.31. The number of rotatable bonds is 6. The third-order valence-electron chi connectivity index (χ3n) is 1.80. The molecule has 1 aromatic heterocycles. The number of aromatic carboxylic acids is 1. The van der Waals surface area contributed by atoms with Crippen molar-refractivity contribution in [3.63, 3.8) is 0 Å². The van der Waals surface area contributed by atoms with Crippen molar-refractivity contribution in [2.75, 3.05) is 11.9 Å². The number of oxazole rings is 1. The number of nitrogens with zero attached hydrogens (tertiary/aromatic N) is 1. The second-order valence-corrected chi connectivity index (χ2v) is 3.74. The Hall–Kier alpha value is -2.05. The van der Waals surface area contributed by atoms with Crippen molar-refractivity contribution in [2.45, 2.75) is 26.3 Å². The number of amides is 1. The molecule has 0 aliphatic heterocycles. The van der Waals surface area contributed by atoms with Gasteiger partial charge in [-0.1, -0.05) is 0 Å². The maximum atomic E-state index is 11.3. The summed E-state index contributed by atoms with van der Waals surface area (Å²) in [6, 6.07) is 0.197. The van der Waals surface area contributed by atoms with E-state index in [1.54, 1.807) is 0 Å². The fourth-order valence-corrected chi connectivity index (χ4v) is 1.13. The van der Waals surface area contributed by atoms with E-state index in [4.69, 9.17) is 9.52 Å². The number of carbonyl (C=O) groups is 2. The Morgan fingerprint density at radius 1 is 1.53 bits per heavy atom. The minimum Gasteiger partial charge on any atom is -0.476 e. The van der Waals surface area contributed by atoms with Gasteiger partial charge in [0, 0.05) is 19.0 Å². The minimum absolute atomic E-state index is 0.0856. The van der Waals surface area contributed by atoms with Gasteiger partial charge < -0.3 is 20.2 Å². The van der Waals surface area contributed by atoms with Gasteiger partial charge in [0.15, 0.2) is 5.69 Å². The molecular formula is C10H15N3O4. The standard InChI is InChI=1S/C10H15N3O4/c1-6(2)12-8(14)3-4-11-10-13-7(5-17-10)9(15)16/h5-6H,3-4H2,1-2H3,(H,11,13)(H,12,14)(H,15,16). The van der Waals surface area contributed by atoms with Crippen molar-refractivity contribution in [2.24, 2.45) is 0 Å². The van der Waals surface area contributed by atoms with Crippen LogP contribution in [0.3, 0.4) is 0 Å². The SMILES string of the molecule is CC(C)NC(=O)CCNc1nc(C(=O)O)co1. The summed E-state index contributed by atoms with van der Waals surface area (Å²) in [6.07, 6.45) is 1.31. The minimum atomic E-state index is -1.15. The van der Waals surface area contributed by atoms with E-state index in [9.17, 15) is 9.59 Å². The third-order valence-corrected chi connectivity index (χ3v) is 1.80. The Morgan fingerprint density at radius 2 is 2.24 bits per heavy atom. The van der Waals surface area contributed by atoms with Crippen molar-refractivity contribution in [3.8, 4) is 0 Å². The number of aromatic nitrogens is 1. The van der Waals surface area contributed by atoms with E-state index in [0.29, 0.717) is 6.54 Å². The van der Waals surface area contributed by atoms with Crippen molar-refractivity contribution in [1.29, 1.82) is 0 Å². The van der Waals surface area contributed by atoms with Crippen LogP contribution in [-0.4, -0.2) is 34.6 Å². The Labute approximate surface area is 98.2 Å². The highest BCUT2D eigenvalue weighted by molar-refractivity contribution is 5.85. The summed E-state index contributed by atoms with van der Waals surface area (Å²) >= 11 is 0. The number of carboxylic acid groups (broad SMARTS) is 1. The predicted molar refractivity (Wildman–Crippen MR) is 59.8 cm³/mol. The fourth-order valence-electron chi connectivity index (χ4n) is 1.13. The number of anilines is 1. The van der Waals surface area contributed by atoms with E-state index in [1.165, 1.54) is 0 Å². The lowest BCUT2D eigenvalue weighted by molar-refractivity contribution is -0.121. The van der Waals surface area contributed by atoms with Crippen LogP contribution in [0.5, 0.6) is 0 Å². The highest BCUT2D eigenvalue weighted by atomic mass is 16.4. The summed E-state index contributed by atoms with van der Waals surface area (Å²) in [5.74, 6) is -1.24. The van der Waals surface area contributed by atoms with Gasteiger partial charge in [0.1, 0.15) is 6.26 Å². The quantitative estimate of drug-likeness (QED) is 0.677. The van der Waals surface area contributed by atoms with E-state index in [1.807, 2.05) is 13.8 Å². The summed E-state index contributed by atoms with van der Waals surface area (Å²) in [5, 5.41) is 14.0. The van der Waals surface area contributed by atoms with Gasteiger partial charge in [-0.05, 0) is 13.8 Å². The monoisotopic (exact) mass is 241 g/mol. The van der Waals surface area contributed by atoms with E-state index < -0.39 is 5.97 Å². The zero-order chi connectivity index (χ0) is 12.8. The molecule has 0 aromatic carbocycles. The largest absolute Gasteiger partial charge is 0.476 e. The zero-order valence-corrected chi connectivity index (χ0v) is 9.69. The summed E-state index contributed by atoms with van der Waals surface area (Å²) < 4.78 is 4.85. The first-order valence-electron chi connectivity index (χ1n) is 5.21. The number of hydrogen-bond acceptors (Lipinski definition) is 5. The molecule has 0 bridgehead atoms. The maximum Gasteiger partial charge on any atom is 0.357 e. The zero-order valence-electron chi connectivity index (χ0n) is 9.69. The number of carboxylic acids is 1. The molecule has 17 heavy (non-hydrogen) atoms. The number of hydrogen-bond donors (Lipinski definition) is 3. The molecule has 0 aliphatic rings. The topological polar surface area (TPSA) is 104 Å². The molecule has 0 aliphatic carbocycles. The smallest absolute Gasteiger partial charge is 0.357 e. The van der Waals surface area contributed by atoms with Gasteiger partial charge in [-0.15, -0.1) is 0 Å². The number of nitrogens with one attached hydrogen (secondary N) is 2. The molecule has 0 unspecified atom stereocenters. The molecule has 0 radical (unpaired) electrons. The average molecular weight is 241 g/mol. The average Bonchev–Trinajstić information content (AvgIpc) is 2.65. The summed E-state index contributed by atoms with van der Waals surface area (Å²) in [7, 11) is 0. The van der Waals surface area contributed by atoms with Crippen LogP contribution in [0.4, 0.5) is 6.01 Å². The van der Waals surface area contributed by atoms with E-state index in [-0.39, 0.29) is 30.1 Å². The Balaban J connectivity index is 2.31. The Morgan fingerprint density at radius 3 is 2.76 bits per heavy atom. The molecule has 7 heteroatoms. The molecule has 0 fully saturated rings. The molecule has 94 valence electrons. The molecule has 7 nitrogen and oxygen atoms in total.